The summed E-state index contributed by atoms with van der Waals surface area (Å²) in [6.45, 7) is 4.25. The number of halogens is 1. The second kappa shape index (κ2) is 4.90. The van der Waals surface area contributed by atoms with Gasteiger partial charge >= 0.3 is 5.97 Å². The molecule has 1 amide bonds. The second-order valence-corrected chi connectivity index (χ2v) is 6.05. The van der Waals surface area contributed by atoms with Gasteiger partial charge in [0.25, 0.3) is 5.91 Å². The van der Waals surface area contributed by atoms with Crippen LogP contribution in [0.2, 0.25) is 0 Å². The Morgan fingerprint density at radius 2 is 2.29 bits per heavy atom. The molecule has 0 aliphatic carbocycles. The fraction of sp³-hybridized carbons (Fsp3) is 0.636. The lowest BCUT2D eigenvalue weighted by molar-refractivity contribution is -0.143. The molecular weight excluding hydrogens is 262 g/mol. The molecule has 2 aliphatic rings. The summed E-state index contributed by atoms with van der Waals surface area (Å²) in [5, 5.41) is 0.687. The number of rotatable bonds is 2. The van der Waals surface area contributed by atoms with Crippen molar-refractivity contribution in [3.05, 3.63) is 10.6 Å². The molecule has 2 aliphatic heterocycles. The quantitative estimate of drug-likeness (QED) is 0.572. The molecule has 0 aromatic rings. The van der Waals surface area contributed by atoms with E-state index in [0.29, 0.717) is 23.6 Å². The molecule has 0 spiro atoms. The SMILES string of the molecule is CC(C)OC(=O)C1=C2SC(Cl)C(=O)N2CCC1. The number of thioether (sulfide) groups is 1. The molecule has 0 radical (unpaired) electrons. The van der Waals surface area contributed by atoms with Crippen LogP contribution in [0, 0.1) is 0 Å². The molecule has 2 heterocycles. The van der Waals surface area contributed by atoms with Crippen LogP contribution in [0.15, 0.2) is 10.6 Å². The zero-order chi connectivity index (χ0) is 12.6. The van der Waals surface area contributed by atoms with E-state index >= 15 is 0 Å². The Morgan fingerprint density at radius 1 is 1.59 bits per heavy atom. The van der Waals surface area contributed by atoms with Crippen molar-refractivity contribution in [1.82, 2.24) is 4.90 Å². The van der Waals surface area contributed by atoms with Crippen LogP contribution in [-0.4, -0.2) is 34.1 Å². The largest absolute Gasteiger partial charge is 0.460 e. The summed E-state index contributed by atoms with van der Waals surface area (Å²) in [5.74, 6) is -0.452. The van der Waals surface area contributed by atoms with E-state index in [4.69, 9.17) is 16.3 Å². The lowest BCUT2D eigenvalue weighted by Gasteiger charge is -2.25. The number of nitrogens with zero attached hydrogens (tertiary/aromatic N) is 1. The molecule has 6 heteroatoms. The van der Waals surface area contributed by atoms with Crippen molar-refractivity contribution >= 4 is 35.2 Å². The van der Waals surface area contributed by atoms with E-state index in [1.165, 1.54) is 11.8 Å². The molecular formula is C11H14ClNO3S. The van der Waals surface area contributed by atoms with Gasteiger partial charge in [-0.25, -0.2) is 4.79 Å². The Hall–Kier alpha value is -0.680. The first-order valence-electron chi connectivity index (χ1n) is 5.57. The number of hydrogen-bond donors (Lipinski definition) is 0. The third kappa shape index (κ3) is 2.45. The minimum absolute atomic E-state index is 0.124. The minimum atomic E-state index is -0.607. The molecule has 0 bridgehead atoms. The number of fused-ring (bicyclic) bond motifs is 1. The van der Waals surface area contributed by atoms with Crippen molar-refractivity contribution in [3.63, 3.8) is 0 Å². The van der Waals surface area contributed by atoms with Gasteiger partial charge in [0.1, 0.15) is 0 Å². The number of carbonyl (C=O) groups is 2. The Balaban J connectivity index is 2.26. The Labute approximate surface area is 109 Å². The van der Waals surface area contributed by atoms with E-state index in [-0.39, 0.29) is 18.0 Å². The maximum atomic E-state index is 11.9. The smallest absolute Gasteiger partial charge is 0.336 e. The first-order valence-corrected chi connectivity index (χ1v) is 6.88. The van der Waals surface area contributed by atoms with E-state index in [1.807, 2.05) is 0 Å². The summed E-state index contributed by atoms with van der Waals surface area (Å²) in [6.07, 6.45) is 1.28. The van der Waals surface area contributed by atoms with Crippen LogP contribution in [0.25, 0.3) is 0 Å². The first-order chi connectivity index (χ1) is 8.00. The fourth-order valence-corrected chi connectivity index (χ4v) is 3.31. The molecule has 4 nitrogen and oxygen atoms in total. The summed E-state index contributed by atoms with van der Waals surface area (Å²) in [5.41, 5.74) is 0.589. The van der Waals surface area contributed by atoms with Crippen molar-refractivity contribution in [2.24, 2.45) is 0 Å². The lowest BCUT2D eigenvalue weighted by atomic mass is 10.1. The molecule has 0 saturated carbocycles. The van der Waals surface area contributed by atoms with Gasteiger partial charge in [0.05, 0.1) is 16.7 Å². The highest BCUT2D eigenvalue weighted by Crippen LogP contribution is 2.42. The van der Waals surface area contributed by atoms with Gasteiger partial charge in [-0.05, 0) is 26.7 Å². The van der Waals surface area contributed by atoms with Crippen LogP contribution in [-0.2, 0) is 14.3 Å². The van der Waals surface area contributed by atoms with Crippen molar-refractivity contribution in [1.29, 1.82) is 0 Å². The monoisotopic (exact) mass is 275 g/mol. The maximum absolute atomic E-state index is 11.9. The van der Waals surface area contributed by atoms with Crippen LogP contribution >= 0.6 is 23.4 Å². The van der Waals surface area contributed by atoms with E-state index in [9.17, 15) is 9.59 Å². The molecule has 1 fully saturated rings. The predicted octanol–water partition coefficient (Wildman–Crippen LogP) is 2.08. The zero-order valence-electron chi connectivity index (χ0n) is 9.73. The van der Waals surface area contributed by atoms with Crippen LogP contribution < -0.4 is 0 Å². The average Bonchev–Trinajstić information content (AvgIpc) is 2.54. The highest BCUT2D eigenvalue weighted by atomic mass is 35.5. The maximum Gasteiger partial charge on any atom is 0.336 e. The number of hydrogen-bond acceptors (Lipinski definition) is 4. The Bertz CT molecular complexity index is 394. The van der Waals surface area contributed by atoms with E-state index < -0.39 is 4.71 Å². The summed E-state index contributed by atoms with van der Waals surface area (Å²) >= 11 is 7.14. The summed E-state index contributed by atoms with van der Waals surface area (Å²) in [4.78, 5) is 25.2. The standard InChI is InChI=1S/C11H14ClNO3S/c1-6(2)16-11(15)7-4-3-5-13-9(14)8(12)17-10(7)13/h6,8H,3-5H2,1-2H3. The normalized spacial score (nSPS) is 24.4. The molecule has 17 heavy (non-hydrogen) atoms. The summed E-state index contributed by atoms with van der Waals surface area (Å²) < 4.78 is 4.57. The van der Waals surface area contributed by atoms with Crippen LogP contribution in [0.4, 0.5) is 0 Å². The average molecular weight is 276 g/mol. The number of alkyl halides is 1. The summed E-state index contributed by atoms with van der Waals surface area (Å²) in [7, 11) is 0. The number of ether oxygens (including phenoxy) is 1. The van der Waals surface area contributed by atoms with Crippen LogP contribution in [0.1, 0.15) is 26.7 Å². The van der Waals surface area contributed by atoms with E-state index in [1.54, 1.807) is 18.7 Å². The minimum Gasteiger partial charge on any atom is -0.460 e. The van der Waals surface area contributed by atoms with Gasteiger partial charge in [0.2, 0.25) is 0 Å². The molecule has 1 atom stereocenters. The topological polar surface area (TPSA) is 46.6 Å². The van der Waals surface area contributed by atoms with E-state index in [2.05, 4.69) is 0 Å². The van der Waals surface area contributed by atoms with Gasteiger partial charge in [0, 0.05) is 6.54 Å². The highest BCUT2D eigenvalue weighted by molar-refractivity contribution is 8.06. The third-order valence-electron chi connectivity index (χ3n) is 2.58. The van der Waals surface area contributed by atoms with Gasteiger partial charge < -0.3 is 9.64 Å². The van der Waals surface area contributed by atoms with Gasteiger partial charge in [-0.15, -0.1) is 0 Å². The van der Waals surface area contributed by atoms with Crippen molar-refractivity contribution < 1.29 is 14.3 Å². The first kappa shape index (κ1) is 12.8. The summed E-state index contributed by atoms with van der Waals surface area (Å²) in [6, 6.07) is 0. The van der Waals surface area contributed by atoms with Crippen molar-refractivity contribution in [3.8, 4) is 0 Å². The number of carbonyl (C=O) groups excluding carboxylic acids is 2. The molecule has 94 valence electrons. The zero-order valence-corrected chi connectivity index (χ0v) is 11.3. The van der Waals surface area contributed by atoms with Gasteiger partial charge in [-0.1, -0.05) is 23.4 Å². The number of amides is 1. The predicted molar refractivity (Wildman–Crippen MR) is 66.4 cm³/mol. The van der Waals surface area contributed by atoms with Gasteiger partial charge in [-0.2, -0.15) is 0 Å². The second-order valence-electron chi connectivity index (χ2n) is 4.27. The van der Waals surface area contributed by atoms with E-state index in [0.717, 1.165) is 6.42 Å². The Kier molecular flexibility index (Phi) is 3.68. The third-order valence-corrected chi connectivity index (χ3v) is 4.13. The van der Waals surface area contributed by atoms with Crippen molar-refractivity contribution in [2.75, 3.05) is 6.54 Å². The van der Waals surface area contributed by atoms with Gasteiger partial charge in [-0.3, -0.25) is 4.79 Å². The molecule has 2 rings (SSSR count). The van der Waals surface area contributed by atoms with Crippen molar-refractivity contribution in [2.45, 2.75) is 37.5 Å². The fourth-order valence-electron chi connectivity index (χ4n) is 1.88. The van der Waals surface area contributed by atoms with Crippen LogP contribution in [0.5, 0.6) is 0 Å². The Morgan fingerprint density at radius 3 is 2.94 bits per heavy atom. The molecule has 0 N–H and O–H groups in total. The van der Waals surface area contributed by atoms with Gasteiger partial charge in [0.15, 0.2) is 4.71 Å². The number of esters is 1. The molecule has 0 aromatic carbocycles. The molecule has 0 aromatic heterocycles. The molecule has 1 unspecified atom stereocenters. The highest BCUT2D eigenvalue weighted by Gasteiger charge is 2.40. The van der Waals surface area contributed by atoms with Crippen LogP contribution in [0.3, 0.4) is 0 Å². The molecule has 1 saturated heterocycles. The lowest BCUT2D eigenvalue weighted by Crippen LogP contribution is -2.32.